The molecule has 2 nitrogen and oxygen atoms in total. The largest absolute Gasteiger partial charge is 0.394 e. The van der Waals surface area contributed by atoms with Crippen LogP contribution in [0.4, 0.5) is 14.5 Å². The Morgan fingerprint density at radius 3 is 2.47 bits per heavy atom. The van der Waals surface area contributed by atoms with Crippen LogP contribution in [-0.4, -0.2) is 11.7 Å². The van der Waals surface area contributed by atoms with E-state index in [1.54, 1.807) is 37.3 Å². The van der Waals surface area contributed by atoms with Crippen molar-refractivity contribution in [2.75, 3.05) is 11.9 Å². The van der Waals surface area contributed by atoms with E-state index in [4.69, 9.17) is 0 Å². The van der Waals surface area contributed by atoms with Gasteiger partial charge in [0, 0.05) is 0 Å². The molecule has 0 aliphatic heterocycles. The van der Waals surface area contributed by atoms with Crippen LogP contribution < -0.4 is 5.32 Å². The Balaban J connectivity index is 2.25. The van der Waals surface area contributed by atoms with Gasteiger partial charge in [-0.3, -0.25) is 0 Å². The van der Waals surface area contributed by atoms with Gasteiger partial charge in [0.1, 0.15) is 11.6 Å². The number of benzene rings is 2. The normalized spacial score (nSPS) is 12.2. The zero-order valence-corrected chi connectivity index (χ0v) is 10.5. The van der Waals surface area contributed by atoms with Gasteiger partial charge in [-0.1, -0.05) is 24.3 Å². The molecule has 0 aromatic heterocycles. The number of rotatable bonds is 4. The maximum absolute atomic E-state index is 13.5. The number of para-hydroxylation sites is 1. The maximum atomic E-state index is 13.5. The Morgan fingerprint density at radius 1 is 1.11 bits per heavy atom. The molecule has 0 aliphatic carbocycles. The third kappa shape index (κ3) is 3.09. The fraction of sp³-hybridized carbons (Fsp3) is 0.200. The Labute approximate surface area is 110 Å². The molecule has 0 radical (unpaired) electrons. The van der Waals surface area contributed by atoms with Crippen LogP contribution in [0.2, 0.25) is 0 Å². The fourth-order valence-electron chi connectivity index (χ4n) is 1.83. The first-order chi connectivity index (χ1) is 9.11. The van der Waals surface area contributed by atoms with Crippen molar-refractivity contribution in [3.63, 3.8) is 0 Å². The van der Waals surface area contributed by atoms with Gasteiger partial charge in [-0.05, 0) is 36.2 Å². The molecule has 4 heteroatoms. The van der Waals surface area contributed by atoms with Crippen molar-refractivity contribution < 1.29 is 13.9 Å². The Kier molecular flexibility index (Phi) is 4.12. The van der Waals surface area contributed by atoms with E-state index in [0.29, 0.717) is 11.1 Å². The van der Waals surface area contributed by atoms with Crippen LogP contribution in [0.15, 0.2) is 42.5 Å². The molecular formula is C15H15F2NO. The summed E-state index contributed by atoms with van der Waals surface area (Å²) in [6.07, 6.45) is 0. The highest BCUT2D eigenvalue weighted by molar-refractivity contribution is 5.47. The summed E-state index contributed by atoms with van der Waals surface area (Å²) in [7, 11) is 0. The highest BCUT2D eigenvalue weighted by Crippen LogP contribution is 2.22. The summed E-state index contributed by atoms with van der Waals surface area (Å²) in [6.45, 7) is 1.41. The summed E-state index contributed by atoms with van der Waals surface area (Å²) in [4.78, 5) is 0. The van der Waals surface area contributed by atoms with Gasteiger partial charge in [0.25, 0.3) is 0 Å². The SMILES string of the molecule is Cc1ccc(C(CO)Nc2ccccc2F)cc1F. The molecule has 2 N–H and O–H groups in total. The molecular weight excluding hydrogens is 248 g/mol. The number of aliphatic hydroxyl groups excluding tert-OH is 1. The first kappa shape index (κ1) is 13.5. The van der Waals surface area contributed by atoms with Crippen LogP contribution >= 0.6 is 0 Å². The van der Waals surface area contributed by atoms with Crippen molar-refractivity contribution in [1.29, 1.82) is 0 Å². The number of halogens is 2. The lowest BCUT2D eigenvalue weighted by Crippen LogP contribution is -2.16. The van der Waals surface area contributed by atoms with E-state index in [0.717, 1.165) is 0 Å². The molecule has 2 aromatic carbocycles. The molecule has 2 rings (SSSR count). The van der Waals surface area contributed by atoms with E-state index in [1.165, 1.54) is 12.1 Å². The Hall–Kier alpha value is -1.94. The molecule has 0 saturated heterocycles. The summed E-state index contributed by atoms with van der Waals surface area (Å²) in [5.41, 5.74) is 1.39. The van der Waals surface area contributed by atoms with E-state index in [1.807, 2.05) is 0 Å². The van der Waals surface area contributed by atoms with E-state index >= 15 is 0 Å². The highest BCUT2D eigenvalue weighted by atomic mass is 19.1. The smallest absolute Gasteiger partial charge is 0.146 e. The monoisotopic (exact) mass is 263 g/mol. The van der Waals surface area contributed by atoms with Crippen LogP contribution in [0.3, 0.4) is 0 Å². The van der Waals surface area contributed by atoms with Gasteiger partial charge in [-0.15, -0.1) is 0 Å². The van der Waals surface area contributed by atoms with Crippen molar-refractivity contribution in [2.24, 2.45) is 0 Å². The first-order valence-electron chi connectivity index (χ1n) is 6.00. The number of hydrogen-bond donors (Lipinski definition) is 2. The zero-order chi connectivity index (χ0) is 13.8. The average Bonchev–Trinajstić information content (AvgIpc) is 2.41. The summed E-state index contributed by atoms with van der Waals surface area (Å²) in [5, 5.41) is 12.3. The standard InChI is InChI=1S/C15H15F2NO/c1-10-6-7-11(8-13(10)17)15(9-19)18-14-5-3-2-4-12(14)16/h2-8,15,18-19H,9H2,1H3. The van der Waals surface area contributed by atoms with Crippen molar-refractivity contribution in [1.82, 2.24) is 0 Å². The van der Waals surface area contributed by atoms with Gasteiger partial charge in [0.2, 0.25) is 0 Å². The highest BCUT2D eigenvalue weighted by Gasteiger charge is 2.13. The van der Waals surface area contributed by atoms with E-state index in [9.17, 15) is 13.9 Å². The summed E-state index contributed by atoms with van der Waals surface area (Å²) >= 11 is 0. The van der Waals surface area contributed by atoms with Gasteiger partial charge in [-0.2, -0.15) is 0 Å². The third-order valence-corrected chi connectivity index (χ3v) is 2.98. The number of nitrogens with one attached hydrogen (secondary N) is 1. The van der Waals surface area contributed by atoms with Gasteiger partial charge in [-0.25, -0.2) is 8.78 Å². The van der Waals surface area contributed by atoms with Crippen LogP contribution in [-0.2, 0) is 0 Å². The molecule has 2 aromatic rings. The minimum atomic E-state index is -0.549. The molecule has 0 spiro atoms. The van der Waals surface area contributed by atoms with Gasteiger partial charge in [0.15, 0.2) is 0 Å². The van der Waals surface area contributed by atoms with Gasteiger partial charge < -0.3 is 10.4 Å². The molecule has 0 heterocycles. The second-order valence-electron chi connectivity index (χ2n) is 4.37. The molecule has 0 aliphatic rings. The maximum Gasteiger partial charge on any atom is 0.146 e. The van der Waals surface area contributed by atoms with Crippen LogP contribution in [0.5, 0.6) is 0 Å². The minimum absolute atomic E-state index is 0.253. The quantitative estimate of drug-likeness (QED) is 0.886. The number of hydrogen-bond acceptors (Lipinski definition) is 2. The fourth-order valence-corrected chi connectivity index (χ4v) is 1.83. The molecule has 100 valence electrons. The minimum Gasteiger partial charge on any atom is -0.394 e. The van der Waals surface area contributed by atoms with E-state index in [2.05, 4.69) is 5.32 Å². The molecule has 19 heavy (non-hydrogen) atoms. The first-order valence-corrected chi connectivity index (χ1v) is 6.00. The van der Waals surface area contributed by atoms with Gasteiger partial charge >= 0.3 is 0 Å². The lowest BCUT2D eigenvalue weighted by molar-refractivity contribution is 0.276. The van der Waals surface area contributed by atoms with Crippen LogP contribution in [0, 0.1) is 18.6 Å². The molecule has 1 unspecified atom stereocenters. The molecule has 0 bridgehead atoms. The lowest BCUT2D eigenvalue weighted by Gasteiger charge is -2.19. The van der Waals surface area contributed by atoms with Crippen molar-refractivity contribution in [2.45, 2.75) is 13.0 Å². The lowest BCUT2D eigenvalue weighted by atomic mass is 10.0. The summed E-state index contributed by atoms with van der Waals surface area (Å²) in [6, 6.07) is 10.3. The third-order valence-electron chi connectivity index (χ3n) is 2.98. The van der Waals surface area contributed by atoms with Gasteiger partial charge in [0.05, 0.1) is 18.3 Å². The average molecular weight is 263 g/mol. The Bertz CT molecular complexity index is 572. The van der Waals surface area contributed by atoms with Crippen molar-refractivity contribution in [3.8, 4) is 0 Å². The molecule has 0 amide bonds. The van der Waals surface area contributed by atoms with E-state index < -0.39 is 11.9 Å². The molecule has 0 saturated carbocycles. The summed E-state index contributed by atoms with van der Waals surface area (Å²) < 4.78 is 27.0. The number of anilines is 1. The molecule has 1 atom stereocenters. The van der Waals surface area contributed by atoms with E-state index in [-0.39, 0.29) is 18.1 Å². The predicted octanol–water partition coefficient (Wildman–Crippen LogP) is 3.42. The second-order valence-corrected chi connectivity index (χ2v) is 4.37. The second kappa shape index (κ2) is 5.80. The molecule has 0 fully saturated rings. The zero-order valence-electron chi connectivity index (χ0n) is 10.5. The van der Waals surface area contributed by atoms with Crippen LogP contribution in [0.1, 0.15) is 17.2 Å². The Morgan fingerprint density at radius 2 is 1.84 bits per heavy atom. The number of aryl methyl sites for hydroxylation is 1. The summed E-state index contributed by atoms with van der Waals surface area (Å²) in [5.74, 6) is -0.750. The van der Waals surface area contributed by atoms with Crippen molar-refractivity contribution >= 4 is 5.69 Å². The van der Waals surface area contributed by atoms with Crippen LogP contribution in [0.25, 0.3) is 0 Å². The number of aliphatic hydroxyl groups is 1. The topological polar surface area (TPSA) is 32.3 Å². The predicted molar refractivity (Wildman–Crippen MR) is 71.0 cm³/mol. The van der Waals surface area contributed by atoms with Crippen molar-refractivity contribution in [3.05, 3.63) is 65.2 Å².